The van der Waals surface area contributed by atoms with Gasteiger partial charge in [0, 0.05) is 30.5 Å². The number of halogens is 1. The highest BCUT2D eigenvalue weighted by atomic mass is 35.5. The summed E-state index contributed by atoms with van der Waals surface area (Å²) < 4.78 is 1.86. The molecule has 20 heavy (non-hydrogen) atoms. The summed E-state index contributed by atoms with van der Waals surface area (Å²) in [6.07, 6.45) is 0. The minimum Gasteiger partial charge on any atom is -0.381 e. The first-order valence-electron chi connectivity index (χ1n) is 6.22. The molecular formula is C14H17ClN4O. The molecule has 0 bridgehead atoms. The molecule has 0 aliphatic rings. The average Bonchev–Trinajstić information content (AvgIpc) is 2.61. The summed E-state index contributed by atoms with van der Waals surface area (Å²) in [5.74, 6) is -0.527. The Kier molecular flexibility index (Phi) is 3.99. The molecule has 0 radical (unpaired) electrons. The van der Waals surface area contributed by atoms with Gasteiger partial charge in [-0.25, -0.2) is 0 Å². The molecule has 5 nitrogen and oxygen atoms in total. The molecule has 2 aromatic rings. The summed E-state index contributed by atoms with van der Waals surface area (Å²) in [6.45, 7) is 4.66. The van der Waals surface area contributed by atoms with Crippen molar-refractivity contribution in [2.45, 2.75) is 20.4 Å². The van der Waals surface area contributed by atoms with E-state index in [4.69, 9.17) is 17.3 Å². The van der Waals surface area contributed by atoms with Gasteiger partial charge in [0.25, 0.3) is 0 Å². The molecule has 0 fully saturated rings. The highest BCUT2D eigenvalue weighted by Crippen LogP contribution is 2.22. The number of carbonyl (C=O) groups is 1. The van der Waals surface area contributed by atoms with E-state index in [-0.39, 0.29) is 0 Å². The number of amides is 1. The van der Waals surface area contributed by atoms with Gasteiger partial charge in [-0.05, 0) is 32.0 Å². The molecule has 0 aliphatic carbocycles. The van der Waals surface area contributed by atoms with Crippen LogP contribution in [0.2, 0.25) is 5.02 Å². The van der Waals surface area contributed by atoms with E-state index in [1.54, 1.807) is 18.2 Å². The number of primary amides is 1. The van der Waals surface area contributed by atoms with Crippen LogP contribution in [0.25, 0.3) is 0 Å². The normalized spacial score (nSPS) is 10.6. The Hall–Kier alpha value is -2.01. The van der Waals surface area contributed by atoms with Crippen LogP contribution in [0.15, 0.2) is 18.2 Å². The predicted octanol–water partition coefficient (Wildman–Crippen LogP) is 2.40. The Morgan fingerprint density at radius 3 is 2.65 bits per heavy atom. The van der Waals surface area contributed by atoms with Crippen molar-refractivity contribution in [1.82, 2.24) is 9.78 Å². The number of anilines is 1. The number of carbonyl (C=O) groups excluding carboxylic acids is 1. The first-order chi connectivity index (χ1) is 9.40. The standard InChI is InChI=1S/C14H17ClN4O/c1-8-12(9(2)19(3)18-8)7-17-10-4-5-11(14(16)20)13(15)6-10/h4-6,17H,7H2,1-3H3,(H2,16,20). The summed E-state index contributed by atoms with van der Waals surface area (Å²) in [7, 11) is 1.92. The number of hydrogen-bond acceptors (Lipinski definition) is 3. The van der Waals surface area contributed by atoms with Gasteiger partial charge in [-0.1, -0.05) is 11.6 Å². The molecule has 6 heteroatoms. The van der Waals surface area contributed by atoms with Crippen LogP contribution >= 0.6 is 11.6 Å². The molecule has 0 aliphatic heterocycles. The monoisotopic (exact) mass is 292 g/mol. The molecule has 1 amide bonds. The zero-order valence-electron chi connectivity index (χ0n) is 11.7. The number of nitrogens with two attached hydrogens (primary N) is 1. The third-order valence-electron chi connectivity index (χ3n) is 3.36. The Morgan fingerprint density at radius 2 is 2.15 bits per heavy atom. The van der Waals surface area contributed by atoms with Gasteiger partial charge in [0.2, 0.25) is 5.91 Å². The van der Waals surface area contributed by atoms with Crippen LogP contribution in [0.1, 0.15) is 27.3 Å². The summed E-state index contributed by atoms with van der Waals surface area (Å²) in [5.41, 5.74) is 9.65. The van der Waals surface area contributed by atoms with E-state index in [2.05, 4.69) is 10.4 Å². The maximum Gasteiger partial charge on any atom is 0.250 e. The summed E-state index contributed by atoms with van der Waals surface area (Å²) in [5, 5.41) is 7.99. The molecule has 0 atom stereocenters. The quantitative estimate of drug-likeness (QED) is 0.909. The van der Waals surface area contributed by atoms with Crippen molar-refractivity contribution in [3.05, 3.63) is 45.7 Å². The Labute approximate surface area is 122 Å². The maximum absolute atomic E-state index is 11.1. The molecule has 1 heterocycles. The lowest BCUT2D eigenvalue weighted by Crippen LogP contribution is -2.11. The molecule has 0 saturated heterocycles. The van der Waals surface area contributed by atoms with E-state index in [9.17, 15) is 4.79 Å². The van der Waals surface area contributed by atoms with Gasteiger partial charge in [-0.15, -0.1) is 0 Å². The molecule has 0 spiro atoms. The van der Waals surface area contributed by atoms with E-state index in [1.807, 2.05) is 25.6 Å². The van der Waals surface area contributed by atoms with Crippen LogP contribution in [-0.2, 0) is 13.6 Å². The summed E-state index contributed by atoms with van der Waals surface area (Å²) >= 11 is 6.02. The van der Waals surface area contributed by atoms with Crippen LogP contribution < -0.4 is 11.1 Å². The fraction of sp³-hybridized carbons (Fsp3) is 0.286. The molecule has 1 aromatic heterocycles. The third-order valence-corrected chi connectivity index (χ3v) is 3.68. The van der Waals surface area contributed by atoms with Crippen molar-refractivity contribution in [2.75, 3.05) is 5.32 Å². The van der Waals surface area contributed by atoms with E-state index in [0.29, 0.717) is 17.1 Å². The number of nitrogens with zero attached hydrogens (tertiary/aromatic N) is 2. The number of hydrogen-bond donors (Lipinski definition) is 2. The number of benzene rings is 1. The average molecular weight is 293 g/mol. The smallest absolute Gasteiger partial charge is 0.250 e. The molecule has 2 rings (SSSR count). The van der Waals surface area contributed by atoms with Gasteiger partial charge in [0.1, 0.15) is 0 Å². The van der Waals surface area contributed by atoms with Gasteiger partial charge in [0.05, 0.1) is 16.3 Å². The van der Waals surface area contributed by atoms with Crippen molar-refractivity contribution >= 4 is 23.2 Å². The topological polar surface area (TPSA) is 72.9 Å². The van der Waals surface area contributed by atoms with Crippen LogP contribution in [-0.4, -0.2) is 15.7 Å². The van der Waals surface area contributed by atoms with E-state index in [0.717, 1.165) is 22.6 Å². The van der Waals surface area contributed by atoms with Crippen LogP contribution in [0.3, 0.4) is 0 Å². The van der Waals surface area contributed by atoms with Gasteiger partial charge in [-0.2, -0.15) is 5.10 Å². The number of nitrogens with one attached hydrogen (secondary N) is 1. The van der Waals surface area contributed by atoms with Crippen LogP contribution in [0, 0.1) is 13.8 Å². The first kappa shape index (κ1) is 14.4. The maximum atomic E-state index is 11.1. The van der Waals surface area contributed by atoms with Crippen molar-refractivity contribution in [1.29, 1.82) is 0 Å². The van der Waals surface area contributed by atoms with Gasteiger partial charge in [-0.3, -0.25) is 9.48 Å². The van der Waals surface area contributed by atoms with Gasteiger partial charge < -0.3 is 11.1 Å². The number of rotatable bonds is 4. The molecular weight excluding hydrogens is 276 g/mol. The van der Waals surface area contributed by atoms with E-state index >= 15 is 0 Å². The van der Waals surface area contributed by atoms with Crippen molar-refractivity contribution in [3.63, 3.8) is 0 Å². The summed E-state index contributed by atoms with van der Waals surface area (Å²) in [4.78, 5) is 11.1. The zero-order valence-corrected chi connectivity index (χ0v) is 12.5. The van der Waals surface area contributed by atoms with E-state index < -0.39 is 5.91 Å². The lowest BCUT2D eigenvalue weighted by atomic mass is 10.1. The SMILES string of the molecule is Cc1nn(C)c(C)c1CNc1ccc(C(N)=O)c(Cl)c1. The van der Waals surface area contributed by atoms with Crippen molar-refractivity contribution in [2.24, 2.45) is 12.8 Å². The fourth-order valence-electron chi connectivity index (χ4n) is 2.09. The van der Waals surface area contributed by atoms with E-state index in [1.165, 1.54) is 0 Å². The Morgan fingerprint density at radius 1 is 1.45 bits per heavy atom. The van der Waals surface area contributed by atoms with Crippen LogP contribution in [0.5, 0.6) is 0 Å². The number of aromatic nitrogens is 2. The molecule has 0 unspecified atom stereocenters. The second-order valence-electron chi connectivity index (χ2n) is 4.69. The van der Waals surface area contributed by atoms with Gasteiger partial charge >= 0.3 is 0 Å². The lowest BCUT2D eigenvalue weighted by Gasteiger charge is -2.09. The Bertz CT molecular complexity index is 663. The Balaban J connectivity index is 2.15. The molecule has 106 valence electrons. The first-order valence-corrected chi connectivity index (χ1v) is 6.60. The summed E-state index contributed by atoms with van der Waals surface area (Å²) in [6, 6.07) is 5.10. The molecule has 0 saturated carbocycles. The highest BCUT2D eigenvalue weighted by Gasteiger charge is 2.10. The second-order valence-corrected chi connectivity index (χ2v) is 5.09. The van der Waals surface area contributed by atoms with Crippen molar-refractivity contribution < 1.29 is 4.79 Å². The van der Waals surface area contributed by atoms with Crippen molar-refractivity contribution in [3.8, 4) is 0 Å². The zero-order chi connectivity index (χ0) is 14.9. The minimum absolute atomic E-state index is 0.325. The highest BCUT2D eigenvalue weighted by molar-refractivity contribution is 6.34. The largest absolute Gasteiger partial charge is 0.381 e. The molecule has 3 N–H and O–H groups in total. The third kappa shape index (κ3) is 2.77. The predicted molar refractivity (Wildman–Crippen MR) is 80.0 cm³/mol. The molecule has 1 aromatic carbocycles. The second kappa shape index (κ2) is 5.54. The minimum atomic E-state index is -0.527. The lowest BCUT2D eigenvalue weighted by molar-refractivity contribution is 0.100. The fourth-order valence-corrected chi connectivity index (χ4v) is 2.36. The number of aryl methyl sites for hydroxylation is 2. The van der Waals surface area contributed by atoms with Crippen LogP contribution in [0.4, 0.5) is 5.69 Å². The van der Waals surface area contributed by atoms with Gasteiger partial charge in [0.15, 0.2) is 0 Å².